The molecule has 27 heavy (non-hydrogen) atoms. The third-order valence-corrected chi connectivity index (χ3v) is 4.47. The summed E-state index contributed by atoms with van der Waals surface area (Å²) in [4.78, 5) is 10.6. The lowest BCUT2D eigenvalue weighted by atomic mass is 10.2. The second-order valence-electron chi connectivity index (χ2n) is 6.28. The molecule has 0 bridgehead atoms. The summed E-state index contributed by atoms with van der Waals surface area (Å²) in [7, 11) is 5.63. The summed E-state index contributed by atoms with van der Waals surface area (Å²) < 4.78 is 5.40. The van der Waals surface area contributed by atoms with Gasteiger partial charge < -0.3 is 20.3 Å². The van der Waals surface area contributed by atoms with Crippen molar-refractivity contribution in [2.24, 2.45) is 0 Å². The molecule has 0 saturated carbocycles. The van der Waals surface area contributed by atoms with Gasteiger partial charge in [0, 0.05) is 42.6 Å². The number of aryl methyl sites for hydroxylation is 1. The van der Waals surface area contributed by atoms with Gasteiger partial charge in [-0.2, -0.15) is 0 Å². The smallest absolute Gasteiger partial charge is 0.143 e. The molecule has 0 aliphatic rings. The van der Waals surface area contributed by atoms with Gasteiger partial charge >= 0.3 is 0 Å². The van der Waals surface area contributed by atoms with Crippen molar-refractivity contribution in [1.29, 1.82) is 0 Å². The molecule has 2 N–H and O–H groups in total. The number of rotatable bonds is 6. The molecule has 0 radical (unpaired) electrons. The average molecular weight is 384 g/mol. The Morgan fingerprint density at radius 2 is 1.63 bits per heavy atom. The first-order chi connectivity index (χ1) is 13.0. The van der Waals surface area contributed by atoms with E-state index in [1.807, 2.05) is 57.4 Å². The summed E-state index contributed by atoms with van der Waals surface area (Å²) >= 11 is 6.17. The Balaban J connectivity index is 1.79. The molecule has 0 amide bonds. The van der Waals surface area contributed by atoms with Crippen LogP contribution in [0.15, 0.2) is 48.8 Å². The van der Waals surface area contributed by atoms with Gasteiger partial charge in [-0.15, -0.1) is 0 Å². The minimum Gasteiger partial charge on any atom is -0.495 e. The van der Waals surface area contributed by atoms with Crippen LogP contribution in [0.2, 0.25) is 5.02 Å². The average Bonchev–Trinajstić information content (AvgIpc) is 2.65. The molecule has 1 aromatic heterocycles. The van der Waals surface area contributed by atoms with Crippen molar-refractivity contribution in [2.45, 2.75) is 6.92 Å². The predicted octanol–water partition coefficient (Wildman–Crippen LogP) is 5.00. The molecule has 2 aromatic carbocycles. The van der Waals surface area contributed by atoms with Crippen LogP contribution in [-0.4, -0.2) is 31.2 Å². The van der Waals surface area contributed by atoms with Crippen LogP contribution in [0.4, 0.5) is 28.7 Å². The van der Waals surface area contributed by atoms with Crippen LogP contribution < -0.4 is 20.3 Å². The zero-order valence-corrected chi connectivity index (χ0v) is 16.5. The maximum Gasteiger partial charge on any atom is 0.143 e. The largest absolute Gasteiger partial charge is 0.495 e. The van der Waals surface area contributed by atoms with Crippen LogP contribution in [0.5, 0.6) is 5.75 Å². The van der Waals surface area contributed by atoms with Crippen LogP contribution in [0.25, 0.3) is 0 Å². The second kappa shape index (κ2) is 8.14. The van der Waals surface area contributed by atoms with E-state index in [-0.39, 0.29) is 0 Å². The lowest BCUT2D eigenvalue weighted by Crippen LogP contribution is -2.08. The Hall–Kier alpha value is -2.99. The summed E-state index contributed by atoms with van der Waals surface area (Å²) in [5.74, 6) is 1.99. The van der Waals surface area contributed by atoms with E-state index in [1.54, 1.807) is 13.2 Å². The molecule has 0 fully saturated rings. The van der Waals surface area contributed by atoms with Gasteiger partial charge in [0.15, 0.2) is 0 Å². The van der Waals surface area contributed by atoms with E-state index in [0.29, 0.717) is 22.4 Å². The van der Waals surface area contributed by atoms with Crippen LogP contribution in [0.3, 0.4) is 0 Å². The van der Waals surface area contributed by atoms with Crippen LogP contribution in [0, 0.1) is 6.92 Å². The van der Waals surface area contributed by atoms with E-state index < -0.39 is 0 Å². The number of ether oxygens (including phenoxy) is 1. The Morgan fingerprint density at radius 3 is 2.26 bits per heavy atom. The first-order valence-corrected chi connectivity index (χ1v) is 8.81. The van der Waals surface area contributed by atoms with E-state index in [1.165, 1.54) is 6.33 Å². The Morgan fingerprint density at radius 1 is 0.963 bits per heavy atom. The maximum atomic E-state index is 6.17. The molecule has 0 aliphatic carbocycles. The fraction of sp³-hybridized carbons (Fsp3) is 0.200. The molecule has 0 saturated heterocycles. The molecule has 0 aliphatic heterocycles. The second-order valence-corrected chi connectivity index (χ2v) is 6.69. The standard InChI is InChI=1S/C20H22ClN5O/c1-13-9-17(18(27-4)10-16(13)21)25-20-11-19(22-12-23-20)24-14-5-7-15(8-6-14)26(2)3/h5-12H,1-4H3,(H2,22,23,24,25). The van der Waals surface area contributed by atoms with Crippen molar-refractivity contribution in [1.82, 2.24) is 9.97 Å². The Bertz CT molecular complexity index is 928. The third-order valence-electron chi connectivity index (χ3n) is 4.07. The minimum absolute atomic E-state index is 0.650. The Labute approximate surface area is 164 Å². The molecule has 0 unspecified atom stereocenters. The molecule has 1 heterocycles. The van der Waals surface area contributed by atoms with E-state index in [4.69, 9.17) is 16.3 Å². The van der Waals surface area contributed by atoms with Crippen molar-refractivity contribution in [3.63, 3.8) is 0 Å². The number of anilines is 5. The van der Waals surface area contributed by atoms with Crippen molar-refractivity contribution in [3.05, 3.63) is 59.4 Å². The van der Waals surface area contributed by atoms with E-state index in [9.17, 15) is 0 Å². The van der Waals surface area contributed by atoms with Gasteiger partial charge in [-0.3, -0.25) is 0 Å². The molecule has 140 valence electrons. The van der Waals surface area contributed by atoms with E-state index in [2.05, 4.69) is 25.5 Å². The van der Waals surface area contributed by atoms with E-state index in [0.717, 1.165) is 22.6 Å². The predicted molar refractivity (Wildman–Crippen MR) is 112 cm³/mol. The van der Waals surface area contributed by atoms with E-state index >= 15 is 0 Å². The number of halogens is 1. The molecule has 3 aromatic rings. The molecular weight excluding hydrogens is 362 g/mol. The summed E-state index contributed by atoms with van der Waals surface area (Å²) in [5.41, 5.74) is 3.83. The molecule has 6 nitrogen and oxygen atoms in total. The van der Waals surface area contributed by atoms with Gasteiger partial charge in [-0.25, -0.2) is 9.97 Å². The number of benzene rings is 2. The molecule has 7 heteroatoms. The number of methoxy groups -OCH3 is 1. The van der Waals surface area contributed by atoms with Crippen molar-refractivity contribution >= 4 is 40.3 Å². The highest BCUT2D eigenvalue weighted by Crippen LogP contribution is 2.33. The highest BCUT2D eigenvalue weighted by atomic mass is 35.5. The molecular formula is C20H22ClN5O. The first-order valence-electron chi connectivity index (χ1n) is 8.44. The monoisotopic (exact) mass is 383 g/mol. The number of nitrogens with one attached hydrogen (secondary N) is 2. The number of aromatic nitrogens is 2. The SMILES string of the molecule is COc1cc(Cl)c(C)cc1Nc1cc(Nc2ccc(N(C)C)cc2)ncn1. The van der Waals surface area contributed by atoms with Gasteiger partial charge in [0.2, 0.25) is 0 Å². The zero-order valence-electron chi connectivity index (χ0n) is 15.7. The first kappa shape index (κ1) is 18.8. The summed E-state index contributed by atoms with van der Waals surface area (Å²) in [6, 6.07) is 13.7. The van der Waals surface area contributed by atoms with Gasteiger partial charge in [-0.1, -0.05) is 11.6 Å². The van der Waals surface area contributed by atoms with Crippen molar-refractivity contribution < 1.29 is 4.74 Å². The van der Waals surface area contributed by atoms with Crippen LogP contribution >= 0.6 is 11.6 Å². The summed E-state index contributed by atoms with van der Waals surface area (Å²) in [6.45, 7) is 1.94. The van der Waals surface area contributed by atoms with Crippen LogP contribution in [0.1, 0.15) is 5.56 Å². The number of hydrogen-bond donors (Lipinski definition) is 2. The van der Waals surface area contributed by atoms with Gasteiger partial charge in [-0.05, 0) is 42.8 Å². The Kier molecular flexibility index (Phi) is 5.66. The fourth-order valence-corrected chi connectivity index (χ4v) is 2.71. The van der Waals surface area contributed by atoms with Gasteiger partial charge in [0.05, 0.1) is 12.8 Å². The van der Waals surface area contributed by atoms with Crippen molar-refractivity contribution in [2.75, 3.05) is 36.7 Å². The third kappa shape index (κ3) is 4.60. The zero-order chi connectivity index (χ0) is 19.4. The summed E-state index contributed by atoms with van der Waals surface area (Å²) in [6.07, 6.45) is 1.51. The van der Waals surface area contributed by atoms with Crippen LogP contribution in [-0.2, 0) is 0 Å². The molecule has 0 atom stereocenters. The highest BCUT2D eigenvalue weighted by Gasteiger charge is 2.09. The number of nitrogens with zero attached hydrogens (tertiary/aromatic N) is 3. The van der Waals surface area contributed by atoms with Gasteiger partial charge in [0.25, 0.3) is 0 Å². The fourth-order valence-electron chi connectivity index (χ4n) is 2.55. The van der Waals surface area contributed by atoms with Crippen molar-refractivity contribution in [3.8, 4) is 5.75 Å². The topological polar surface area (TPSA) is 62.3 Å². The highest BCUT2D eigenvalue weighted by molar-refractivity contribution is 6.31. The molecule has 0 spiro atoms. The lowest BCUT2D eigenvalue weighted by Gasteiger charge is -2.14. The molecule has 3 rings (SSSR count). The number of hydrogen-bond acceptors (Lipinski definition) is 6. The quantitative estimate of drug-likeness (QED) is 0.624. The minimum atomic E-state index is 0.650. The van der Waals surface area contributed by atoms with Gasteiger partial charge in [0.1, 0.15) is 23.7 Å². The maximum absolute atomic E-state index is 6.17. The lowest BCUT2D eigenvalue weighted by molar-refractivity contribution is 0.416. The summed E-state index contributed by atoms with van der Waals surface area (Å²) in [5, 5.41) is 7.20. The normalized spacial score (nSPS) is 10.4.